The maximum atomic E-state index is 12.1. The molecule has 4 heteroatoms. The SMILES string of the molecule is CC[C@H]1C(O)C2C3CC[C@H]([C@H](C)CCO)[C@@]3(C)CCC2[C@@]2(C)CC[C@@H](O[Si](C)(C)C(C)(C)C)C[C@@H]12. The van der Waals surface area contributed by atoms with Crippen molar-refractivity contribution in [1.29, 1.82) is 0 Å². The predicted molar refractivity (Wildman–Crippen MR) is 149 cm³/mol. The van der Waals surface area contributed by atoms with Crippen LogP contribution < -0.4 is 0 Å². The van der Waals surface area contributed by atoms with Crippen molar-refractivity contribution in [3.63, 3.8) is 0 Å². The molecule has 4 aliphatic carbocycles. The van der Waals surface area contributed by atoms with Gasteiger partial charge >= 0.3 is 0 Å². The molecule has 0 amide bonds. The molecule has 0 spiro atoms. The first-order valence-corrected chi connectivity index (χ1v) is 18.1. The first kappa shape index (κ1) is 28.1. The fourth-order valence-electron chi connectivity index (χ4n) is 10.0. The quantitative estimate of drug-likeness (QED) is 0.364. The number of aliphatic hydroxyl groups is 2. The Morgan fingerprint density at radius 3 is 2.20 bits per heavy atom. The van der Waals surface area contributed by atoms with E-state index in [1.807, 2.05) is 0 Å². The summed E-state index contributed by atoms with van der Waals surface area (Å²) in [6.45, 7) is 22.1. The number of fused-ring (bicyclic) bond motifs is 5. The van der Waals surface area contributed by atoms with Crippen molar-refractivity contribution >= 4 is 8.32 Å². The zero-order valence-electron chi connectivity index (χ0n) is 24.6. The Hall–Kier alpha value is 0.0969. The van der Waals surface area contributed by atoms with Gasteiger partial charge in [-0.2, -0.15) is 0 Å². The first-order valence-electron chi connectivity index (χ1n) is 15.2. The van der Waals surface area contributed by atoms with Gasteiger partial charge < -0.3 is 14.6 Å². The summed E-state index contributed by atoms with van der Waals surface area (Å²) in [7, 11) is -1.79. The van der Waals surface area contributed by atoms with Gasteiger partial charge in [0.25, 0.3) is 0 Å². The van der Waals surface area contributed by atoms with Crippen LogP contribution in [-0.2, 0) is 4.43 Å². The smallest absolute Gasteiger partial charge is 0.192 e. The van der Waals surface area contributed by atoms with E-state index in [2.05, 4.69) is 61.6 Å². The number of hydrogen-bond donors (Lipinski definition) is 2. The predicted octanol–water partition coefficient (Wildman–Crippen LogP) is 7.66. The average Bonchev–Trinajstić information content (AvgIpc) is 3.11. The Morgan fingerprint density at radius 1 is 0.971 bits per heavy atom. The van der Waals surface area contributed by atoms with Crippen molar-refractivity contribution in [3.05, 3.63) is 0 Å². The zero-order chi connectivity index (χ0) is 26.0. The van der Waals surface area contributed by atoms with Gasteiger partial charge in [0.15, 0.2) is 8.32 Å². The highest BCUT2D eigenvalue weighted by Gasteiger charge is 2.65. The molecule has 4 unspecified atom stereocenters. The molecule has 3 nitrogen and oxygen atoms in total. The third-order valence-electron chi connectivity index (χ3n) is 13.0. The summed E-state index contributed by atoms with van der Waals surface area (Å²) in [4.78, 5) is 0. The molecule has 0 aromatic heterocycles. The number of aliphatic hydroxyl groups excluding tert-OH is 2. The average molecular weight is 507 g/mol. The van der Waals surface area contributed by atoms with Crippen molar-refractivity contribution < 1.29 is 14.6 Å². The van der Waals surface area contributed by atoms with Gasteiger partial charge in [-0.25, -0.2) is 0 Å². The molecule has 0 radical (unpaired) electrons. The summed E-state index contributed by atoms with van der Waals surface area (Å²) in [5, 5.41) is 22.0. The summed E-state index contributed by atoms with van der Waals surface area (Å²) in [6, 6.07) is 0. The van der Waals surface area contributed by atoms with Crippen LogP contribution in [0.25, 0.3) is 0 Å². The Bertz CT molecular complexity index is 746. The Kier molecular flexibility index (Phi) is 7.78. The molecule has 2 N–H and O–H groups in total. The van der Waals surface area contributed by atoms with E-state index in [1.165, 1.54) is 38.5 Å². The van der Waals surface area contributed by atoms with E-state index in [4.69, 9.17) is 4.43 Å². The van der Waals surface area contributed by atoms with E-state index in [-0.39, 0.29) is 11.1 Å². The molecule has 11 atom stereocenters. The Balaban J connectivity index is 1.59. The molecule has 204 valence electrons. The second kappa shape index (κ2) is 9.69. The molecule has 0 saturated heterocycles. The molecule has 35 heavy (non-hydrogen) atoms. The molecule has 4 fully saturated rings. The largest absolute Gasteiger partial charge is 0.414 e. The van der Waals surface area contributed by atoms with E-state index < -0.39 is 8.32 Å². The second-order valence-corrected chi connectivity index (χ2v) is 20.2. The number of rotatable bonds is 6. The lowest BCUT2D eigenvalue weighted by Gasteiger charge is -2.65. The van der Waals surface area contributed by atoms with Crippen molar-refractivity contribution in [1.82, 2.24) is 0 Å². The van der Waals surface area contributed by atoms with Crippen LogP contribution in [0.5, 0.6) is 0 Å². The molecule has 4 aliphatic rings. The molecule has 0 bridgehead atoms. The lowest BCUT2D eigenvalue weighted by atomic mass is 9.41. The maximum absolute atomic E-state index is 12.1. The van der Waals surface area contributed by atoms with Crippen molar-refractivity contribution in [3.8, 4) is 0 Å². The van der Waals surface area contributed by atoms with Gasteiger partial charge in [-0.15, -0.1) is 0 Å². The van der Waals surface area contributed by atoms with Crippen molar-refractivity contribution in [2.45, 2.75) is 137 Å². The fourth-order valence-corrected chi connectivity index (χ4v) is 11.4. The zero-order valence-corrected chi connectivity index (χ0v) is 25.6. The normalized spacial score (nSPS) is 47.1. The van der Waals surface area contributed by atoms with Crippen molar-refractivity contribution in [2.24, 2.45) is 52.3 Å². The van der Waals surface area contributed by atoms with Crippen LogP contribution in [0.15, 0.2) is 0 Å². The minimum absolute atomic E-state index is 0.161. The van der Waals surface area contributed by atoms with Gasteiger partial charge in [-0.1, -0.05) is 54.9 Å². The molecular weight excluding hydrogens is 448 g/mol. The maximum Gasteiger partial charge on any atom is 0.192 e. The van der Waals surface area contributed by atoms with E-state index in [9.17, 15) is 10.2 Å². The molecule has 0 aromatic carbocycles. The van der Waals surface area contributed by atoms with E-state index in [1.54, 1.807) is 0 Å². The van der Waals surface area contributed by atoms with Gasteiger partial charge in [0.05, 0.1) is 6.10 Å². The fraction of sp³-hybridized carbons (Fsp3) is 1.00. The topological polar surface area (TPSA) is 49.7 Å². The van der Waals surface area contributed by atoms with E-state index in [0.29, 0.717) is 65.0 Å². The monoisotopic (exact) mass is 506 g/mol. The number of hydrogen-bond acceptors (Lipinski definition) is 3. The summed E-state index contributed by atoms with van der Waals surface area (Å²) < 4.78 is 6.99. The second-order valence-electron chi connectivity index (χ2n) is 15.5. The van der Waals surface area contributed by atoms with Crippen molar-refractivity contribution in [2.75, 3.05) is 6.61 Å². The molecule has 0 aromatic rings. The summed E-state index contributed by atoms with van der Waals surface area (Å²) >= 11 is 0. The lowest BCUT2D eigenvalue weighted by Crippen LogP contribution is -2.62. The van der Waals surface area contributed by atoms with Gasteiger partial charge in [-0.05, 0) is 122 Å². The van der Waals surface area contributed by atoms with Crippen LogP contribution in [0.2, 0.25) is 18.1 Å². The van der Waals surface area contributed by atoms with E-state index >= 15 is 0 Å². The molecule has 0 aliphatic heterocycles. The van der Waals surface area contributed by atoms with Crippen LogP contribution in [0.4, 0.5) is 0 Å². The van der Waals surface area contributed by atoms with Crippen LogP contribution in [0, 0.1) is 52.3 Å². The summed E-state index contributed by atoms with van der Waals surface area (Å²) in [6.07, 6.45) is 11.0. The third kappa shape index (κ3) is 4.53. The van der Waals surface area contributed by atoms with Gasteiger partial charge in [-0.3, -0.25) is 0 Å². The lowest BCUT2D eigenvalue weighted by molar-refractivity contribution is -0.202. The van der Waals surface area contributed by atoms with E-state index in [0.717, 1.165) is 19.3 Å². The highest BCUT2D eigenvalue weighted by molar-refractivity contribution is 6.74. The standard InChI is InChI=1S/C31H58O3Si/c1-10-22-26-19-21(34-35(8,9)29(3,4)5)13-16-31(26,7)25-14-17-30(6)23(20(2)15-18-32)11-12-24(30)27(25)28(22)33/h20-28,32-33H,10-19H2,1-9H3/t20-,21-,22-,23-,24?,25?,26+,27?,28?,30-,31-/m1/s1. The first-order chi connectivity index (χ1) is 16.2. The molecular formula is C31H58O3Si. The molecule has 0 heterocycles. The minimum Gasteiger partial charge on any atom is -0.414 e. The van der Waals surface area contributed by atoms with Gasteiger partial charge in [0.1, 0.15) is 0 Å². The van der Waals surface area contributed by atoms with Crippen LogP contribution >= 0.6 is 0 Å². The summed E-state index contributed by atoms with van der Waals surface area (Å²) in [5.41, 5.74) is 0.675. The molecule has 4 rings (SSSR count). The van der Waals surface area contributed by atoms with Gasteiger partial charge in [0, 0.05) is 12.7 Å². The highest BCUT2D eigenvalue weighted by Crippen LogP contribution is 2.69. The molecule has 4 saturated carbocycles. The minimum atomic E-state index is -1.79. The van der Waals surface area contributed by atoms with Crippen LogP contribution in [0.1, 0.15) is 106 Å². The van der Waals surface area contributed by atoms with Gasteiger partial charge in [0.2, 0.25) is 0 Å². The summed E-state index contributed by atoms with van der Waals surface area (Å²) in [5.74, 6) is 4.04. The third-order valence-corrected chi connectivity index (χ3v) is 17.5. The Labute approximate surface area is 218 Å². The van der Waals surface area contributed by atoms with Crippen LogP contribution in [-0.4, -0.2) is 37.3 Å². The highest BCUT2D eigenvalue weighted by atomic mass is 28.4. The van der Waals surface area contributed by atoms with Crippen LogP contribution in [0.3, 0.4) is 0 Å². The Morgan fingerprint density at radius 2 is 1.60 bits per heavy atom.